The third-order valence-electron chi connectivity index (χ3n) is 3.54. The number of amides is 2. The maximum absolute atomic E-state index is 12.2. The molecule has 0 aliphatic rings. The third kappa shape index (κ3) is 6.08. The Kier molecular flexibility index (Phi) is 6.77. The Balaban J connectivity index is 1.96. The minimum absolute atomic E-state index is 0.130. The van der Waals surface area contributed by atoms with E-state index in [1.807, 2.05) is 6.07 Å². The summed E-state index contributed by atoms with van der Waals surface area (Å²) < 4.78 is 4.99. The molecule has 6 nitrogen and oxygen atoms in total. The van der Waals surface area contributed by atoms with Crippen molar-refractivity contribution in [1.82, 2.24) is 15.6 Å². The molecule has 132 valence electrons. The molecule has 1 heterocycles. The van der Waals surface area contributed by atoms with E-state index in [1.54, 1.807) is 43.6 Å². The lowest BCUT2D eigenvalue weighted by Gasteiger charge is -2.18. The van der Waals surface area contributed by atoms with Crippen molar-refractivity contribution in [2.75, 3.05) is 7.11 Å². The second-order valence-corrected chi connectivity index (χ2v) is 5.93. The normalized spacial score (nSPS) is 11.5. The summed E-state index contributed by atoms with van der Waals surface area (Å²) >= 11 is 5.89. The van der Waals surface area contributed by atoms with Gasteiger partial charge in [0.1, 0.15) is 0 Å². The molecule has 2 aromatic rings. The van der Waals surface area contributed by atoms with Crippen LogP contribution in [-0.4, -0.2) is 23.9 Å². The lowest BCUT2D eigenvalue weighted by Crippen LogP contribution is -2.32. The highest BCUT2D eigenvalue weighted by molar-refractivity contribution is 6.30. The Morgan fingerprint density at radius 2 is 1.92 bits per heavy atom. The van der Waals surface area contributed by atoms with Gasteiger partial charge in [0.15, 0.2) is 0 Å². The zero-order valence-corrected chi connectivity index (χ0v) is 14.8. The molecule has 0 fully saturated rings. The first kappa shape index (κ1) is 18.7. The van der Waals surface area contributed by atoms with Gasteiger partial charge in [0.05, 0.1) is 19.6 Å². The fourth-order valence-electron chi connectivity index (χ4n) is 2.29. The molecule has 0 spiro atoms. The van der Waals surface area contributed by atoms with Crippen molar-refractivity contribution in [2.24, 2.45) is 0 Å². The van der Waals surface area contributed by atoms with Crippen LogP contribution in [0.25, 0.3) is 0 Å². The lowest BCUT2D eigenvalue weighted by atomic mass is 10.0. The van der Waals surface area contributed by atoms with E-state index < -0.39 is 6.04 Å². The topological polar surface area (TPSA) is 80.3 Å². The van der Waals surface area contributed by atoms with Crippen molar-refractivity contribution in [1.29, 1.82) is 0 Å². The van der Waals surface area contributed by atoms with Gasteiger partial charge in [-0.25, -0.2) is 4.98 Å². The number of hydrogen-bond acceptors (Lipinski definition) is 4. The lowest BCUT2D eigenvalue weighted by molar-refractivity contribution is -0.122. The molecule has 1 atom stereocenters. The molecule has 2 amide bonds. The molecule has 0 saturated carbocycles. The molecule has 0 radical (unpaired) electrons. The molecule has 0 aliphatic carbocycles. The van der Waals surface area contributed by atoms with E-state index in [1.165, 1.54) is 6.92 Å². The van der Waals surface area contributed by atoms with E-state index in [0.29, 0.717) is 17.4 Å². The highest BCUT2D eigenvalue weighted by Gasteiger charge is 2.17. The zero-order chi connectivity index (χ0) is 18.2. The maximum atomic E-state index is 12.2. The average Bonchev–Trinajstić information content (AvgIpc) is 2.60. The monoisotopic (exact) mass is 361 g/mol. The van der Waals surface area contributed by atoms with Crippen molar-refractivity contribution in [3.05, 3.63) is 58.7 Å². The van der Waals surface area contributed by atoms with Gasteiger partial charge in [0.25, 0.3) is 0 Å². The standard InChI is InChI=1S/C18H20ClN3O3/c1-12(23)22-16(14-4-6-15(19)7-5-14)9-17(24)20-10-13-3-8-18(25-2)21-11-13/h3-8,11,16H,9-10H2,1-2H3,(H,20,24)(H,22,23). The second-order valence-electron chi connectivity index (χ2n) is 5.49. The summed E-state index contributed by atoms with van der Waals surface area (Å²) in [6.07, 6.45) is 1.77. The van der Waals surface area contributed by atoms with Gasteiger partial charge in [-0.1, -0.05) is 29.8 Å². The molecule has 25 heavy (non-hydrogen) atoms. The number of nitrogens with zero attached hydrogens (tertiary/aromatic N) is 1. The number of methoxy groups -OCH3 is 1. The van der Waals surface area contributed by atoms with Gasteiger partial charge in [0.2, 0.25) is 17.7 Å². The molecule has 0 bridgehead atoms. The Hall–Kier alpha value is -2.60. The molecule has 1 unspecified atom stereocenters. The summed E-state index contributed by atoms with van der Waals surface area (Å²) in [5.41, 5.74) is 1.68. The number of ether oxygens (including phenoxy) is 1. The van der Waals surface area contributed by atoms with E-state index >= 15 is 0 Å². The first-order valence-electron chi connectivity index (χ1n) is 7.76. The number of nitrogens with one attached hydrogen (secondary N) is 2. The van der Waals surface area contributed by atoms with Crippen LogP contribution in [0.15, 0.2) is 42.6 Å². The summed E-state index contributed by atoms with van der Waals surface area (Å²) in [5.74, 6) is 0.139. The van der Waals surface area contributed by atoms with E-state index in [0.717, 1.165) is 11.1 Å². The second kappa shape index (κ2) is 9.03. The average molecular weight is 362 g/mol. The third-order valence-corrected chi connectivity index (χ3v) is 3.79. The molecule has 0 saturated heterocycles. The van der Waals surface area contributed by atoms with Crippen LogP contribution in [0.5, 0.6) is 5.88 Å². The van der Waals surface area contributed by atoms with E-state index in [4.69, 9.17) is 16.3 Å². The number of carbonyl (C=O) groups is 2. The van der Waals surface area contributed by atoms with Crippen molar-refractivity contribution in [3.63, 3.8) is 0 Å². The van der Waals surface area contributed by atoms with Gasteiger partial charge >= 0.3 is 0 Å². The molecular weight excluding hydrogens is 342 g/mol. The van der Waals surface area contributed by atoms with E-state index in [-0.39, 0.29) is 18.2 Å². The Labute approximate surface area is 151 Å². The number of aromatic nitrogens is 1. The van der Waals surface area contributed by atoms with Crippen LogP contribution in [0.4, 0.5) is 0 Å². The van der Waals surface area contributed by atoms with Gasteiger partial charge in [0, 0.05) is 30.8 Å². The summed E-state index contributed by atoms with van der Waals surface area (Å²) in [4.78, 5) is 27.8. The maximum Gasteiger partial charge on any atom is 0.222 e. The van der Waals surface area contributed by atoms with Crippen LogP contribution in [-0.2, 0) is 16.1 Å². The van der Waals surface area contributed by atoms with Crippen LogP contribution in [0.2, 0.25) is 5.02 Å². The predicted molar refractivity (Wildman–Crippen MR) is 95.3 cm³/mol. The first-order chi connectivity index (χ1) is 12.0. The fourth-order valence-corrected chi connectivity index (χ4v) is 2.41. The van der Waals surface area contributed by atoms with Gasteiger partial charge < -0.3 is 15.4 Å². The summed E-state index contributed by atoms with van der Waals surface area (Å²) in [7, 11) is 1.54. The quantitative estimate of drug-likeness (QED) is 0.794. The number of carbonyl (C=O) groups excluding carboxylic acids is 2. The van der Waals surface area contributed by atoms with Crippen LogP contribution >= 0.6 is 11.6 Å². The summed E-state index contributed by atoms with van der Waals surface area (Å²) in [5, 5.41) is 6.21. The fraction of sp³-hybridized carbons (Fsp3) is 0.278. The van der Waals surface area contributed by atoms with Crippen molar-refractivity contribution in [2.45, 2.75) is 25.9 Å². The number of halogens is 1. The summed E-state index contributed by atoms with van der Waals surface area (Å²) in [6.45, 7) is 1.77. The molecule has 0 aliphatic heterocycles. The summed E-state index contributed by atoms with van der Waals surface area (Å²) in [6, 6.07) is 10.2. The minimum atomic E-state index is -0.413. The molecule has 7 heteroatoms. The smallest absolute Gasteiger partial charge is 0.222 e. The highest BCUT2D eigenvalue weighted by atomic mass is 35.5. The van der Waals surface area contributed by atoms with Gasteiger partial charge in [-0.3, -0.25) is 9.59 Å². The molecule has 1 aromatic carbocycles. The predicted octanol–water partition coefficient (Wildman–Crippen LogP) is 2.63. The van der Waals surface area contributed by atoms with Crippen LogP contribution < -0.4 is 15.4 Å². The highest BCUT2D eigenvalue weighted by Crippen LogP contribution is 2.19. The molecular formula is C18H20ClN3O3. The van der Waals surface area contributed by atoms with Crippen molar-refractivity contribution in [3.8, 4) is 5.88 Å². The van der Waals surface area contributed by atoms with Crippen molar-refractivity contribution < 1.29 is 14.3 Å². The largest absolute Gasteiger partial charge is 0.481 e. The van der Waals surface area contributed by atoms with Gasteiger partial charge in [-0.15, -0.1) is 0 Å². The Bertz CT molecular complexity index is 717. The van der Waals surface area contributed by atoms with Crippen LogP contribution in [0.1, 0.15) is 30.5 Å². The SMILES string of the molecule is COc1ccc(CNC(=O)CC(NC(C)=O)c2ccc(Cl)cc2)cn1. The van der Waals surface area contributed by atoms with Crippen LogP contribution in [0.3, 0.4) is 0 Å². The van der Waals surface area contributed by atoms with E-state index in [2.05, 4.69) is 15.6 Å². The number of hydrogen-bond donors (Lipinski definition) is 2. The van der Waals surface area contributed by atoms with Gasteiger partial charge in [-0.05, 0) is 23.3 Å². The molecule has 2 rings (SSSR count). The van der Waals surface area contributed by atoms with Crippen LogP contribution in [0, 0.1) is 0 Å². The van der Waals surface area contributed by atoms with Gasteiger partial charge in [-0.2, -0.15) is 0 Å². The Morgan fingerprint density at radius 1 is 1.20 bits per heavy atom. The van der Waals surface area contributed by atoms with Crippen molar-refractivity contribution >= 4 is 23.4 Å². The van der Waals surface area contributed by atoms with E-state index in [9.17, 15) is 9.59 Å². The number of benzene rings is 1. The minimum Gasteiger partial charge on any atom is -0.481 e. The molecule has 2 N–H and O–H groups in total. The zero-order valence-electron chi connectivity index (χ0n) is 14.1. The first-order valence-corrected chi connectivity index (χ1v) is 8.14. The molecule has 1 aromatic heterocycles. The number of rotatable bonds is 7. The number of pyridine rings is 1. The Morgan fingerprint density at radius 3 is 2.48 bits per heavy atom.